The van der Waals surface area contributed by atoms with Crippen molar-refractivity contribution in [1.82, 2.24) is 20.2 Å². The molecule has 2 aromatic heterocycles. The first-order chi connectivity index (χ1) is 14.7. The highest BCUT2D eigenvalue weighted by molar-refractivity contribution is 5.85. The molecule has 8 nitrogen and oxygen atoms in total. The van der Waals surface area contributed by atoms with Crippen molar-refractivity contribution in [2.45, 2.75) is 30.9 Å². The van der Waals surface area contributed by atoms with E-state index in [0.717, 1.165) is 67.3 Å². The van der Waals surface area contributed by atoms with Crippen LogP contribution in [0.25, 0.3) is 16.7 Å². The van der Waals surface area contributed by atoms with Gasteiger partial charge in [-0.3, -0.25) is 5.10 Å². The second kappa shape index (κ2) is 6.78. The number of para-hydroxylation sites is 1. The number of aromatic nitrogens is 4. The number of nitrogens with two attached hydrogens (primary N) is 1. The van der Waals surface area contributed by atoms with Crippen LogP contribution in [0.2, 0.25) is 0 Å². The lowest BCUT2D eigenvalue weighted by molar-refractivity contribution is 0.0431. The fraction of sp³-hybridized carbons (Fsp3) is 0.409. The van der Waals surface area contributed by atoms with Crippen LogP contribution in [0.15, 0.2) is 36.5 Å². The quantitative estimate of drug-likeness (QED) is 0.677. The summed E-state index contributed by atoms with van der Waals surface area (Å²) >= 11 is 0. The minimum Gasteiger partial charge on any atom is -0.485 e. The summed E-state index contributed by atoms with van der Waals surface area (Å²) in [5.74, 6) is 1.77. The Balaban J connectivity index is 1.22. The number of nitrogens with one attached hydrogen (secondary N) is 1. The van der Waals surface area contributed by atoms with E-state index in [-0.39, 0.29) is 11.6 Å². The molecule has 5 heterocycles. The Kier molecular flexibility index (Phi) is 4.04. The molecular formula is C22H24N6O2. The van der Waals surface area contributed by atoms with E-state index in [1.165, 1.54) is 5.57 Å². The van der Waals surface area contributed by atoms with Crippen molar-refractivity contribution >= 4 is 22.6 Å². The van der Waals surface area contributed by atoms with Gasteiger partial charge in [0.1, 0.15) is 22.7 Å². The summed E-state index contributed by atoms with van der Waals surface area (Å²) in [6.07, 6.45) is 6.49. The first-order valence-corrected chi connectivity index (χ1v) is 10.5. The standard InChI is InChI=1S/C22H24N6O2/c23-20-15-3-1-2-4-16(15)30-22(20)7-9-28(10-8-22)17-13-24-19-18(26-27-21(19)25-17)14-5-11-29-12-6-14/h1-5,13,20H,6-12,23H2,(H,25,26,27)/t20-/m1/s1. The first-order valence-electron chi connectivity index (χ1n) is 10.5. The molecule has 1 spiro atoms. The van der Waals surface area contributed by atoms with Crippen molar-refractivity contribution in [3.8, 4) is 5.75 Å². The van der Waals surface area contributed by atoms with Crippen molar-refractivity contribution in [3.63, 3.8) is 0 Å². The van der Waals surface area contributed by atoms with Crippen molar-refractivity contribution in [1.29, 1.82) is 0 Å². The highest BCUT2D eigenvalue weighted by Gasteiger charge is 2.48. The summed E-state index contributed by atoms with van der Waals surface area (Å²) in [6, 6.07) is 8.02. The molecule has 8 heteroatoms. The molecule has 1 atom stereocenters. The van der Waals surface area contributed by atoms with Gasteiger partial charge in [-0.1, -0.05) is 24.3 Å². The van der Waals surface area contributed by atoms with Crippen molar-refractivity contribution in [3.05, 3.63) is 47.8 Å². The molecule has 0 amide bonds. The van der Waals surface area contributed by atoms with Crippen LogP contribution in [0.3, 0.4) is 0 Å². The Hall–Kier alpha value is -2.97. The van der Waals surface area contributed by atoms with Crippen molar-refractivity contribution in [2.24, 2.45) is 5.73 Å². The molecular weight excluding hydrogens is 380 g/mol. The van der Waals surface area contributed by atoms with Crippen LogP contribution < -0.4 is 15.4 Å². The van der Waals surface area contributed by atoms with Crippen LogP contribution in [0.4, 0.5) is 5.82 Å². The lowest BCUT2D eigenvalue weighted by atomic mass is 9.83. The summed E-state index contributed by atoms with van der Waals surface area (Å²) in [4.78, 5) is 11.7. The number of H-pyrrole nitrogens is 1. The molecule has 3 aromatic rings. The molecule has 0 saturated carbocycles. The lowest BCUT2D eigenvalue weighted by Gasteiger charge is -2.41. The average molecular weight is 404 g/mol. The van der Waals surface area contributed by atoms with Gasteiger partial charge in [-0.15, -0.1) is 0 Å². The Bertz CT molecular complexity index is 1130. The molecule has 0 radical (unpaired) electrons. The Labute approximate surface area is 174 Å². The molecule has 154 valence electrons. The third kappa shape index (κ3) is 2.71. The highest BCUT2D eigenvalue weighted by atomic mass is 16.5. The van der Waals surface area contributed by atoms with E-state index in [1.54, 1.807) is 0 Å². The molecule has 1 saturated heterocycles. The molecule has 3 aliphatic rings. The number of hydrogen-bond donors (Lipinski definition) is 2. The zero-order valence-electron chi connectivity index (χ0n) is 16.7. The van der Waals surface area contributed by atoms with E-state index in [0.29, 0.717) is 12.3 Å². The molecule has 1 fully saturated rings. The summed E-state index contributed by atoms with van der Waals surface area (Å²) in [5.41, 5.74) is 11.0. The van der Waals surface area contributed by atoms with E-state index in [2.05, 4.69) is 27.2 Å². The van der Waals surface area contributed by atoms with Crippen LogP contribution in [-0.4, -0.2) is 52.1 Å². The molecule has 1 aromatic carbocycles. The molecule has 30 heavy (non-hydrogen) atoms. The number of piperidine rings is 1. The third-order valence-corrected chi connectivity index (χ3v) is 6.60. The number of rotatable bonds is 2. The van der Waals surface area contributed by atoms with E-state index in [9.17, 15) is 0 Å². The van der Waals surface area contributed by atoms with Crippen LogP contribution in [-0.2, 0) is 4.74 Å². The van der Waals surface area contributed by atoms with Crippen LogP contribution >= 0.6 is 0 Å². The van der Waals surface area contributed by atoms with Gasteiger partial charge in [-0.25, -0.2) is 9.97 Å². The van der Waals surface area contributed by atoms with Gasteiger partial charge in [-0.05, 0) is 18.1 Å². The fourth-order valence-electron chi connectivity index (χ4n) is 4.84. The predicted octanol–water partition coefficient (Wildman–Crippen LogP) is 2.59. The van der Waals surface area contributed by atoms with Gasteiger partial charge < -0.3 is 20.1 Å². The highest BCUT2D eigenvalue weighted by Crippen LogP contribution is 2.47. The molecule has 6 rings (SSSR count). The number of fused-ring (bicyclic) bond motifs is 2. The minimum atomic E-state index is -0.327. The fourth-order valence-corrected chi connectivity index (χ4v) is 4.84. The smallest absolute Gasteiger partial charge is 0.202 e. The number of hydrogen-bond acceptors (Lipinski definition) is 7. The molecule has 3 aliphatic heterocycles. The zero-order valence-corrected chi connectivity index (χ0v) is 16.7. The lowest BCUT2D eigenvalue weighted by Crippen LogP contribution is -2.51. The number of aromatic amines is 1. The van der Waals surface area contributed by atoms with E-state index in [1.807, 2.05) is 24.4 Å². The Morgan fingerprint density at radius 3 is 2.87 bits per heavy atom. The largest absolute Gasteiger partial charge is 0.485 e. The maximum atomic E-state index is 6.59. The van der Waals surface area contributed by atoms with Crippen molar-refractivity contribution < 1.29 is 9.47 Å². The monoisotopic (exact) mass is 404 g/mol. The molecule has 0 aliphatic carbocycles. The van der Waals surface area contributed by atoms with Crippen LogP contribution in [0, 0.1) is 0 Å². The van der Waals surface area contributed by atoms with Gasteiger partial charge in [0.2, 0.25) is 5.65 Å². The second-order valence-corrected chi connectivity index (χ2v) is 8.22. The maximum Gasteiger partial charge on any atom is 0.202 e. The Morgan fingerprint density at radius 1 is 1.20 bits per heavy atom. The second-order valence-electron chi connectivity index (χ2n) is 8.22. The number of anilines is 1. The third-order valence-electron chi connectivity index (χ3n) is 6.60. The van der Waals surface area contributed by atoms with E-state index >= 15 is 0 Å². The Morgan fingerprint density at radius 2 is 2.07 bits per heavy atom. The van der Waals surface area contributed by atoms with Gasteiger partial charge in [0.15, 0.2) is 0 Å². The SMILES string of the molecule is N[C@@H]1c2ccccc2OC12CCN(c1cnc3c(C4=CCOCC4)[nH]nc3n1)CC2. The van der Waals surface area contributed by atoms with E-state index in [4.69, 9.17) is 25.2 Å². The number of benzene rings is 1. The maximum absolute atomic E-state index is 6.59. The summed E-state index contributed by atoms with van der Waals surface area (Å²) < 4.78 is 11.8. The van der Waals surface area contributed by atoms with Gasteiger partial charge in [0, 0.05) is 31.5 Å². The van der Waals surface area contributed by atoms with Gasteiger partial charge in [0.05, 0.1) is 31.1 Å². The molecule has 0 unspecified atom stereocenters. The summed E-state index contributed by atoms with van der Waals surface area (Å²) in [7, 11) is 0. The van der Waals surface area contributed by atoms with Gasteiger partial charge in [0.25, 0.3) is 0 Å². The van der Waals surface area contributed by atoms with E-state index < -0.39 is 0 Å². The normalized spacial score (nSPS) is 22.8. The average Bonchev–Trinajstić information content (AvgIpc) is 3.34. The zero-order chi connectivity index (χ0) is 20.1. The topological polar surface area (TPSA) is 102 Å². The van der Waals surface area contributed by atoms with Gasteiger partial charge in [-0.2, -0.15) is 5.10 Å². The molecule has 3 N–H and O–H groups in total. The van der Waals surface area contributed by atoms with Crippen LogP contribution in [0.5, 0.6) is 5.75 Å². The summed E-state index contributed by atoms with van der Waals surface area (Å²) in [5, 5.41) is 7.52. The number of nitrogens with zero attached hydrogens (tertiary/aromatic N) is 4. The van der Waals surface area contributed by atoms with Gasteiger partial charge >= 0.3 is 0 Å². The summed E-state index contributed by atoms with van der Waals surface area (Å²) in [6.45, 7) is 3.00. The van der Waals surface area contributed by atoms with Crippen molar-refractivity contribution in [2.75, 3.05) is 31.2 Å². The first kappa shape index (κ1) is 17.9. The van der Waals surface area contributed by atoms with Crippen LogP contribution in [0.1, 0.15) is 36.6 Å². The minimum absolute atomic E-state index is 0.0916. The number of ether oxygens (including phenoxy) is 2. The molecule has 0 bridgehead atoms. The predicted molar refractivity (Wildman–Crippen MR) is 113 cm³/mol.